The van der Waals surface area contributed by atoms with E-state index in [1.165, 1.54) is 33.9 Å². The number of hydrogen-bond acceptors (Lipinski definition) is 6. The van der Waals surface area contributed by atoms with Gasteiger partial charge in [-0.25, -0.2) is 13.2 Å². The quantitative estimate of drug-likeness (QED) is 0.578. The van der Waals surface area contributed by atoms with Gasteiger partial charge in [-0.15, -0.1) is 0 Å². The summed E-state index contributed by atoms with van der Waals surface area (Å²) in [6, 6.07) is 18.1. The Morgan fingerprint density at radius 2 is 1.74 bits per heavy atom. The number of aromatic nitrogens is 1. The monoisotopic (exact) mass is 493 g/mol. The molecule has 180 valence electrons. The van der Waals surface area contributed by atoms with E-state index in [4.69, 9.17) is 4.74 Å². The van der Waals surface area contributed by atoms with Crippen LogP contribution in [0.1, 0.15) is 24.0 Å². The van der Waals surface area contributed by atoms with Gasteiger partial charge in [0.15, 0.2) is 9.84 Å². The van der Waals surface area contributed by atoms with Crippen molar-refractivity contribution >= 4 is 15.9 Å². The van der Waals surface area contributed by atoms with Crippen molar-refractivity contribution in [2.24, 2.45) is 0 Å². The Bertz CT molecular complexity index is 1460. The van der Waals surface area contributed by atoms with Crippen molar-refractivity contribution in [3.05, 3.63) is 88.3 Å². The van der Waals surface area contributed by atoms with Gasteiger partial charge in [-0.05, 0) is 36.4 Å². The van der Waals surface area contributed by atoms with E-state index in [0.717, 1.165) is 6.26 Å². The summed E-state index contributed by atoms with van der Waals surface area (Å²) in [4.78, 5) is 25.8. The zero-order valence-corrected chi connectivity index (χ0v) is 19.7. The van der Waals surface area contributed by atoms with Gasteiger partial charge < -0.3 is 14.7 Å². The predicted octanol–water partition coefficient (Wildman–Crippen LogP) is 3.16. The minimum atomic E-state index is -3.35. The molecule has 1 amide bonds. The van der Waals surface area contributed by atoms with Crippen LogP contribution in [0.2, 0.25) is 0 Å². The number of piperidine rings is 1. The lowest BCUT2D eigenvalue weighted by molar-refractivity contribution is 0.000816. The van der Waals surface area contributed by atoms with Crippen molar-refractivity contribution in [1.82, 2.24) is 9.47 Å². The molecular weight excluding hydrogens is 470 g/mol. The van der Waals surface area contributed by atoms with Gasteiger partial charge in [0.05, 0.1) is 16.5 Å². The van der Waals surface area contributed by atoms with Gasteiger partial charge in [0.1, 0.15) is 11.4 Å². The fourth-order valence-corrected chi connectivity index (χ4v) is 4.91. The molecule has 35 heavy (non-hydrogen) atoms. The van der Waals surface area contributed by atoms with Crippen LogP contribution in [-0.4, -0.2) is 48.4 Å². The Balaban J connectivity index is 1.68. The standard InChI is InChI=1S/C25H23N3O6S/c1-35(32,33)21-8-6-19(7-9-21)28-13-10-20(16-23(28)29)34-25(11-14-27(15-12-25)24(30)31)22-5-3-2-4-18(22)17-26/h2-10,13,16H,11-12,14-15H2,1H3,(H,30,31). The van der Waals surface area contributed by atoms with E-state index < -0.39 is 21.5 Å². The minimum Gasteiger partial charge on any atom is -0.482 e. The summed E-state index contributed by atoms with van der Waals surface area (Å²) >= 11 is 0. The highest BCUT2D eigenvalue weighted by molar-refractivity contribution is 7.90. The number of benzene rings is 2. The van der Waals surface area contributed by atoms with E-state index in [-0.39, 0.29) is 29.3 Å². The third-order valence-electron chi connectivity index (χ3n) is 6.13. The van der Waals surface area contributed by atoms with E-state index in [0.29, 0.717) is 29.7 Å². The van der Waals surface area contributed by atoms with E-state index in [1.807, 2.05) is 0 Å². The van der Waals surface area contributed by atoms with E-state index in [9.17, 15) is 28.4 Å². The number of carbonyl (C=O) groups is 1. The van der Waals surface area contributed by atoms with Gasteiger partial charge in [-0.1, -0.05) is 18.2 Å². The maximum absolute atomic E-state index is 12.9. The van der Waals surface area contributed by atoms with Crippen LogP contribution in [0.15, 0.2) is 76.6 Å². The first-order valence-electron chi connectivity index (χ1n) is 10.8. The zero-order chi connectivity index (χ0) is 25.2. The van der Waals surface area contributed by atoms with Gasteiger partial charge in [0, 0.05) is 55.7 Å². The maximum atomic E-state index is 12.9. The molecule has 1 aliphatic heterocycles. The molecule has 10 heteroatoms. The van der Waals surface area contributed by atoms with Crippen molar-refractivity contribution in [2.75, 3.05) is 19.3 Å². The normalized spacial score (nSPS) is 15.3. The molecule has 0 saturated carbocycles. The van der Waals surface area contributed by atoms with Crippen LogP contribution in [0.5, 0.6) is 5.75 Å². The van der Waals surface area contributed by atoms with Crippen LogP contribution in [0.4, 0.5) is 4.79 Å². The van der Waals surface area contributed by atoms with Gasteiger partial charge in [0.2, 0.25) is 0 Å². The van der Waals surface area contributed by atoms with Crippen molar-refractivity contribution in [3.63, 3.8) is 0 Å². The molecule has 9 nitrogen and oxygen atoms in total. The average molecular weight is 494 g/mol. The average Bonchev–Trinajstić information content (AvgIpc) is 2.84. The lowest BCUT2D eigenvalue weighted by atomic mass is 9.81. The fourth-order valence-electron chi connectivity index (χ4n) is 4.28. The van der Waals surface area contributed by atoms with Crippen LogP contribution >= 0.6 is 0 Å². The zero-order valence-electron chi connectivity index (χ0n) is 18.9. The summed E-state index contributed by atoms with van der Waals surface area (Å²) in [7, 11) is -3.35. The van der Waals surface area contributed by atoms with Crippen LogP contribution in [-0.2, 0) is 15.4 Å². The fraction of sp³-hybridized carbons (Fsp3) is 0.240. The van der Waals surface area contributed by atoms with Crippen LogP contribution in [0.3, 0.4) is 0 Å². The summed E-state index contributed by atoms with van der Waals surface area (Å²) in [6.45, 7) is 0.442. The number of likely N-dealkylation sites (tertiary alicyclic amines) is 1. The highest BCUT2D eigenvalue weighted by Crippen LogP contribution is 2.39. The number of nitriles is 1. The summed E-state index contributed by atoms with van der Waals surface area (Å²) in [5.74, 6) is 0.288. The molecule has 0 radical (unpaired) electrons. The second-order valence-electron chi connectivity index (χ2n) is 8.36. The van der Waals surface area contributed by atoms with E-state index in [2.05, 4.69) is 6.07 Å². The third-order valence-corrected chi connectivity index (χ3v) is 7.26. The predicted molar refractivity (Wildman–Crippen MR) is 127 cm³/mol. The molecular formula is C25H23N3O6S. The van der Waals surface area contributed by atoms with Gasteiger partial charge in [0.25, 0.3) is 5.56 Å². The largest absolute Gasteiger partial charge is 0.482 e. The molecule has 1 aromatic heterocycles. The maximum Gasteiger partial charge on any atom is 0.407 e. The molecule has 2 heterocycles. The topological polar surface area (TPSA) is 130 Å². The Labute approximate surface area is 202 Å². The van der Waals surface area contributed by atoms with Crippen molar-refractivity contribution in [2.45, 2.75) is 23.3 Å². The summed E-state index contributed by atoms with van der Waals surface area (Å²) in [5, 5.41) is 19.0. The SMILES string of the molecule is CS(=O)(=O)c1ccc(-n2ccc(OC3(c4ccccc4C#N)CCN(C(=O)O)CC3)cc2=O)cc1. The number of pyridine rings is 1. The lowest BCUT2D eigenvalue weighted by Gasteiger charge is -2.41. The van der Waals surface area contributed by atoms with E-state index >= 15 is 0 Å². The summed E-state index contributed by atoms with van der Waals surface area (Å²) < 4.78 is 31.1. The molecule has 1 N–H and O–H groups in total. The molecule has 2 aromatic carbocycles. The molecule has 1 fully saturated rings. The number of hydrogen-bond donors (Lipinski definition) is 1. The molecule has 0 unspecified atom stereocenters. The Hall–Kier alpha value is -4.10. The number of carboxylic acid groups (broad SMARTS) is 1. The van der Waals surface area contributed by atoms with Crippen LogP contribution in [0, 0.1) is 11.3 Å². The number of rotatable bonds is 5. The highest BCUT2D eigenvalue weighted by atomic mass is 32.2. The lowest BCUT2D eigenvalue weighted by Crippen LogP contribution is -2.48. The highest BCUT2D eigenvalue weighted by Gasteiger charge is 2.41. The minimum absolute atomic E-state index is 0.153. The number of sulfone groups is 1. The van der Waals surface area contributed by atoms with Crippen LogP contribution in [0.25, 0.3) is 5.69 Å². The second kappa shape index (κ2) is 9.27. The van der Waals surface area contributed by atoms with Gasteiger partial charge in [-0.3, -0.25) is 9.36 Å². The van der Waals surface area contributed by atoms with Crippen LogP contribution < -0.4 is 10.3 Å². The number of nitrogens with zero attached hydrogens (tertiary/aromatic N) is 3. The molecule has 0 atom stereocenters. The third kappa shape index (κ3) is 4.90. The first-order chi connectivity index (χ1) is 16.6. The molecule has 1 aliphatic rings. The molecule has 3 aromatic rings. The first kappa shape index (κ1) is 24.0. The van der Waals surface area contributed by atoms with Crippen molar-refractivity contribution in [3.8, 4) is 17.5 Å². The smallest absolute Gasteiger partial charge is 0.407 e. The van der Waals surface area contributed by atoms with E-state index in [1.54, 1.807) is 42.5 Å². The van der Waals surface area contributed by atoms with Gasteiger partial charge >= 0.3 is 6.09 Å². The summed E-state index contributed by atoms with van der Waals surface area (Å²) in [6.07, 6.45) is 2.25. The number of ether oxygens (including phenoxy) is 1. The second-order valence-corrected chi connectivity index (χ2v) is 10.4. The number of amides is 1. The van der Waals surface area contributed by atoms with Gasteiger partial charge in [-0.2, -0.15) is 5.26 Å². The molecule has 0 aliphatic carbocycles. The molecule has 1 saturated heterocycles. The molecule has 4 rings (SSSR count). The Morgan fingerprint density at radius 3 is 2.31 bits per heavy atom. The Kier molecular flexibility index (Phi) is 6.37. The molecule has 0 bridgehead atoms. The molecule has 0 spiro atoms. The first-order valence-corrected chi connectivity index (χ1v) is 12.7. The Morgan fingerprint density at radius 1 is 1.09 bits per heavy atom. The van der Waals surface area contributed by atoms with Crippen molar-refractivity contribution in [1.29, 1.82) is 5.26 Å². The van der Waals surface area contributed by atoms with Crippen molar-refractivity contribution < 1.29 is 23.1 Å². The summed E-state index contributed by atoms with van der Waals surface area (Å²) in [5.41, 5.74) is 0.201.